The zero-order valence-corrected chi connectivity index (χ0v) is 24.0. The number of nitro benzene ring substituents is 1. The van der Waals surface area contributed by atoms with Crippen LogP contribution in [0.1, 0.15) is 41.1 Å². The van der Waals surface area contributed by atoms with E-state index in [1.165, 1.54) is 43.5 Å². The summed E-state index contributed by atoms with van der Waals surface area (Å²) in [7, 11) is 1.52. The van der Waals surface area contributed by atoms with Crippen molar-refractivity contribution < 1.29 is 18.8 Å². The van der Waals surface area contributed by atoms with Gasteiger partial charge < -0.3 is 24.8 Å². The molecule has 2 aromatic heterocycles. The number of aryl methyl sites for hydroxylation is 1. The number of ether oxygens (including phenoxy) is 1. The Morgan fingerprint density at radius 1 is 1.17 bits per heavy atom. The van der Waals surface area contributed by atoms with Crippen LogP contribution < -0.4 is 15.4 Å². The second-order valence-corrected chi connectivity index (χ2v) is 10.3. The predicted molar refractivity (Wildman–Crippen MR) is 160 cm³/mol. The first-order valence-electron chi connectivity index (χ1n) is 13.2. The number of non-ortho nitro benzene ring substituents is 1. The van der Waals surface area contributed by atoms with E-state index in [4.69, 9.17) is 17.0 Å². The number of aromatic nitrogens is 2. The van der Waals surface area contributed by atoms with Crippen LogP contribution in [-0.2, 0) is 4.79 Å². The minimum Gasteiger partial charge on any atom is -0.495 e. The summed E-state index contributed by atoms with van der Waals surface area (Å²) in [6, 6.07) is 17.1. The first-order chi connectivity index (χ1) is 20.2. The number of benzene rings is 2. The Morgan fingerprint density at radius 3 is 2.60 bits per heavy atom. The number of pyridine rings is 1. The summed E-state index contributed by atoms with van der Waals surface area (Å²) in [5, 5.41) is 18.2. The number of rotatable bonds is 9. The molecule has 1 aliphatic heterocycles. The van der Waals surface area contributed by atoms with Gasteiger partial charge in [0.15, 0.2) is 5.11 Å². The summed E-state index contributed by atoms with van der Waals surface area (Å²) in [6.07, 6.45) is 1.84. The van der Waals surface area contributed by atoms with Gasteiger partial charge in [-0.2, -0.15) is 0 Å². The van der Waals surface area contributed by atoms with E-state index in [0.717, 1.165) is 22.6 Å². The molecule has 1 fully saturated rings. The molecule has 3 heterocycles. The normalized spacial score (nSPS) is 16.3. The number of halogens is 1. The Balaban J connectivity index is 1.51. The minimum absolute atomic E-state index is 0.0521. The van der Waals surface area contributed by atoms with E-state index >= 15 is 0 Å². The summed E-state index contributed by atoms with van der Waals surface area (Å²) in [4.78, 5) is 30.5. The van der Waals surface area contributed by atoms with Gasteiger partial charge in [0.1, 0.15) is 11.6 Å². The highest BCUT2D eigenvalue weighted by Crippen LogP contribution is 2.42. The first kappa shape index (κ1) is 28.7. The molecule has 10 nitrogen and oxygen atoms in total. The van der Waals surface area contributed by atoms with Gasteiger partial charge in [0.05, 0.1) is 35.5 Å². The molecule has 1 aliphatic rings. The fraction of sp³-hybridized carbons (Fsp3) is 0.233. The molecule has 12 heteroatoms. The lowest BCUT2D eigenvalue weighted by molar-refractivity contribution is -0.384. The van der Waals surface area contributed by atoms with Crippen molar-refractivity contribution in [3.63, 3.8) is 0 Å². The van der Waals surface area contributed by atoms with Crippen molar-refractivity contribution in [2.24, 2.45) is 0 Å². The zero-order valence-electron chi connectivity index (χ0n) is 23.2. The van der Waals surface area contributed by atoms with Crippen LogP contribution in [-0.4, -0.2) is 44.0 Å². The highest BCUT2D eigenvalue weighted by atomic mass is 32.1. The molecule has 2 aromatic carbocycles. The maximum Gasteiger partial charge on any atom is 0.271 e. The fourth-order valence-electron chi connectivity index (χ4n) is 5.39. The number of nitro groups is 1. The molecule has 0 bridgehead atoms. The van der Waals surface area contributed by atoms with E-state index in [0.29, 0.717) is 28.8 Å². The number of carbonyl (C=O) groups is 1. The van der Waals surface area contributed by atoms with Crippen LogP contribution in [0.3, 0.4) is 0 Å². The largest absolute Gasteiger partial charge is 0.495 e. The van der Waals surface area contributed by atoms with Gasteiger partial charge in [0.25, 0.3) is 5.69 Å². The van der Waals surface area contributed by atoms with Crippen LogP contribution in [0.5, 0.6) is 5.75 Å². The number of carbonyl (C=O) groups excluding carboxylic acids is 1. The van der Waals surface area contributed by atoms with Crippen LogP contribution >= 0.6 is 12.2 Å². The predicted octanol–water partition coefficient (Wildman–Crippen LogP) is 5.55. The van der Waals surface area contributed by atoms with Gasteiger partial charge in [0, 0.05) is 48.4 Å². The lowest BCUT2D eigenvalue weighted by atomic mass is 9.96. The van der Waals surface area contributed by atoms with Crippen molar-refractivity contribution in [3.8, 4) is 11.4 Å². The molecule has 2 atom stereocenters. The molecule has 0 radical (unpaired) electrons. The van der Waals surface area contributed by atoms with Crippen molar-refractivity contribution in [2.75, 3.05) is 19.0 Å². The number of hydrogen-bond acceptors (Lipinski definition) is 6. The van der Waals surface area contributed by atoms with E-state index in [2.05, 4.69) is 15.6 Å². The highest BCUT2D eigenvalue weighted by Gasteiger charge is 2.41. The van der Waals surface area contributed by atoms with Gasteiger partial charge in [-0.1, -0.05) is 6.07 Å². The Bertz CT molecular complexity index is 1640. The third-order valence-electron chi connectivity index (χ3n) is 7.31. The lowest BCUT2D eigenvalue weighted by Crippen LogP contribution is -2.32. The van der Waals surface area contributed by atoms with Crippen LogP contribution in [0.4, 0.5) is 15.8 Å². The number of nitrogens with zero attached hydrogens (tertiary/aromatic N) is 4. The Kier molecular flexibility index (Phi) is 8.16. The average molecular weight is 589 g/mol. The maximum atomic E-state index is 13.3. The molecular weight excluding hydrogens is 559 g/mol. The molecule has 0 saturated carbocycles. The summed E-state index contributed by atoms with van der Waals surface area (Å²) in [6.45, 7) is 4.17. The zero-order chi connectivity index (χ0) is 30.0. The van der Waals surface area contributed by atoms with Crippen molar-refractivity contribution in [1.82, 2.24) is 19.8 Å². The molecule has 0 unspecified atom stereocenters. The molecule has 216 valence electrons. The molecule has 1 saturated heterocycles. The topological polar surface area (TPSA) is 115 Å². The van der Waals surface area contributed by atoms with E-state index in [9.17, 15) is 19.3 Å². The smallest absolute Gasteiger partial charge is 0.271 e. The van der Waals surface area contributed by atoms with Gasteiger partial charge in [-0.05, 0) is 80.2 Å². The lowest BCUT2D eigenvalue weighted by Gasteiger charge is -2.28. The summed E-state index contributed by atoms with van der Waals surface area (Å²) < 4.78 is 20.8. The van der Waals surface area contributed by atoms with E-state index in [-0.39, 0.29) is 35.9 Å². The number of amides is 1. The van der Waals surface area contributed by atoms with Gasteiger partial charge in [0.2, 0.25) is 5.91 Å². The Labute approximate surface area is 247 Å². The quantitative estimate of drug-likeness (QED) is 0.149. The Morgan fingerprint density at radius 2 is 1.93 bits per heavy atom. The second kappa shape index (κ2) is 12.0. The number of nitrogens with one attached hydrogen (secondary N) is 2. The second-order valence-electron chi connectivity index (χ2n) is 9.90. The third-order valence-corrected chi connectivity index (χ3v) is 7.66. The number of methoxy groups -OCH3 is 1. The van der Waals surface area contributed by atoms with E-state index in [1.807, 2.05) is 47.6 Å². The minimum atomic E-state index is -0.437. The molecule has 5 rings (SSSR count). The van der Waals surface area contributed by atoms with Crippen LogP contribution in [0.15, 0.2) is 72.9 Å². The summed E-state index contributed by atoms with van der Waals surface area (Å²) in [5.41, 5.74) is 4.37. The van der Waals surface area contributed by atoms with E-state index < -0.39 is 4.92 Å². The van der Waals surface area contributed by atoms with Crippen LogP contribution in [0.2, 0.25) is 0 Å². The number of hydrogen-bond donors (Lipinski definition) is 2. The standard InChI is InChI=1S/C30H29FN6O4S/c1-18-16-23(19(2)36(18)25-17-22(37(39)40)11-12-26(25)41-3)29-28(24-6-4-5-14-32-24)34-30(42)35(29)15-13-27(38)33-21-9-7-20(31)8-10-21/h4-12,14,16-17,28-29H,13,15H2,1-3H3,(H,33,38)(H,34,42)/t28-,29+/m0/s1. The van der Waals surface area contributed by atoms with Crippen molar-refractivity contribution in [3.05, 3.63) is 112 Å². The van der Waals surface area contributed by atoms with Crippen LogP contribution in [0.25, 0.3) is 5.69 Å². The third kappa shape index (κ3) is 5.66. The summed E-state index contributed by atoms with van der Waals surface area (Å²) >= 11 is 5.76. The molecule has 0 spiro atoms. The Hall–Kier alpha value is -4.84. The fourth-order valence-corrected chi connectivity index (χ4v) is 5.72. The molecule has 4 aromatic rings. The molecule has 0 aliphatic carbocycles. The SMILES string of the molecule is COc1ccc([N+](=O)[O-])cc1-n1c(C)cc([C@@H]2[C@H](c3ccccn3)NC(=S)N2CCC(=O)Nc2ccc(F)cc2)c1C. The van der Waals surface area contributed by atoms with Gasteiger partial charge in [-0.25, -0.2) is 4.39 Å². The highest BCUT2D eigenvalue weighted by molar-refractivity contribution is 7.80. The number of thiocarbonyl (C=S) groups is 1. The first-order valence-corrected chi connectivity index (χ1v) is 13.6. The molecule has 42 heavy (non-hydrogen) atoms. The summed E-state index contributed by atoms with van der Waals surface area (Å²) in [5.74, 6) is -0.133. The van der Waals surface area contributed by atoms with Gasteiger partial charge >= 0.3 is 0 Å². The molecular formula is C30H29FN6O4S. The van der Waals surface area contributed by atoms with Crippen molar-refractivity contribution in [1.29, 1.82) is 0 Å². The van der Waals surface area contributed by atoms with Crippen molar-refractivity contribution >= 4 is 34.6 Å². The van der Waals surface area contributed by atoms with Crippen LogP contribution in [0, 0.1) is 29.8 Å². The van der Waals surface area contributed by atoms with Gasteiger partial charge in [-0.3, -0.25) is 19.9 Å². The van der Waals surface area contributed by atoms with Gasteiger partial charge in [-0.15, -0.1) is 0 Å². The monoisotopic (exact) mass is 588 g/mol. The van der Waals surface area contributed by atoms with E-state index in [1.54, 1.807) is 12.3 Å². The molecule has 1 amide bonds. The molecule has 2 N–H and O–H groups in total. The van der Waals surface area contributed by atoms with Crippen molar-refractivity contribution in [2.45, 2.75) is 32.4 Å². The average Bonchev–Trinajstić information content (AvgIpc) is 3.47. The number of anilines is 1. The maximum absolute atomic E-state index is 13.3.